The van der Waals surface area contributed by atoms with Crippen LogP contribution in [0.4, 0.5) is 0 Å². The maximum absolute atomic E-state index is 13.3. The van der Waals surface area contributed by atoms with Crippen molar-refractivity contribution in [3.05, 3.63) is 70.7 Å². The number of esters is 1. The number of ether oxygens (including phenoxy) is 1. The molecule has 1 aliphatic heterocycles. The number of aryl methyl sites for hydroxylation is 1. The van der Waals surface area contributed by atoms with Gasteiger partial charge in [0.25, 0.3) is 11.8 Å². The van der Waals surface area contributed by atoms with Crippen LogP contribution in [0.3, 0.4) is 0 Å². The number of piperidine rings is 1. The maximum atomic E-state index is 13.3. The first-order valence-electron chi connectivity index (χ1n) is 12.3. The van der Waals surface area contributed by atoms with Gasteiger partial charge in [-0.25, -0.2) is 5.43 Å². The lowest BCUT2D eigenvalue weighted by atomic mass is 9.93. The molecule has 0 atom stereocenters. The first-order chi connectivity index (χ1) is 17.5. The molecule has 0 saturated carbocycles. The number of fused-ring (bicyclic) bond motifs is 2. The first-order valence-corrected chi connectivity index (χ1v) is 12.3. The summed E-state index contributed by atoms with van der Waals surface area (Å²) in [5.41, 5.74) is 5.55. The van der Waals surface area contributed by atoms with Crippen molar-refractivity contribution < 1.29 is 23.5 Å². The Morgan fingerprint density at radius 3 is 2.58 bits per heavy atom. The number of nitrogens with zero attached hydrogens (tertiary/aromatic N) is 2. The second-order valence-electron chi connectivity index (χ2n) is 9.32. The molecule has 1 N–H and O–H groups in total. The molecule has 2 amide bonds. The normalized spacial score (nSPS) is 17.2. The van der Waals surface area contributed by atoms with Gasteiger partial charge in [-0.3, -0.25) is 14.4 Å². The van der Waals surface area contributed by atoms with Crippen LogP contribution in [-0.4, -0.2) is 48.6 Å². The fourth-order valence-electron chi connectivity index (χ4n) is 5.21. The lowest BCUT2D eigenvalue weighted by molar-refractivity contribution is -0.146. The van der Waals surface area contributed by atoms with Crippen LogP contribution >= 0.6 is 0 Å². The van der Waals surface area contributed by atoms with Crippen LogP contribution in [-0.2, 0) is 16.0 Å². The number of methoxy groups -OCH3 is 1. The molecule has 1 fully saturated rings. The predicted octanol–water partition coefficient (Wildman–Crippen LogP) is 4.24. The molecule has 8 heteroatoms. The van der Waals surface area contributed by atoms with Gasteiger partial charge in [-0.15, -0.1) is 0 Å². The van der Waals surface area contributed by atoms with Gasteiger partial charge in [0.15, 0.2) is 5.76 Å². The van der Waals surface area contributed by atoms with Gasteiger partial charge in [0.1, 0.15) is 5.76 Å². The van der Waals surface area contributed by atoms with Crippen molar-refractivity contribution >= 4 is 34.3 Å². The van der Waals surface area contributed by atoms with Crippen LogP contribution in [0.1, 0.15) is 63.5 Å². The summed E-state index contributed by atoms with van der Waals surface area (Å²) in [7, 11) is 1.39. The van der Waals surface area contributed by atoms with Gasteiger partial charge >= 0.3 is 5.97 Å². The summed E-state index contributed by atoms with van der Waals surface area (Å²) < 4.78 is 10.9. The molecule has 36 heavy (non-hydrogen) atoms. The number of carbonyl (C=O) groups excluding carboxylic acids is 3. The Hall–Kier alpha value is -3.94. The van der Waals surface area contributed by atoms with Crippen LogP contribution in [0.2, 0.25) is 0 Å². The highest BCUT2D eigenvalue weighted by Gasteiger charge is 2.33. The number of furan rings is 1. The zero-order valence-electron chi connectivity index (χ0n) is 20.5. The van der Waals surface area contributed by atoms with Gasteiger partial charge in [0.2, 0.25) is 0 Å². The molecular weight excluding hydrogens is 458 g/mol. The summed E-state index contributed by atoms with van der Waals surface area (Å²) in [6.07, 6.45) is 3.36. The van der Waals surface area contributed by atoms with E-state index in [1.165, 1.54) is 7.11 Å². The average Bonchev–Trinajstić information content (AvgIpc) is 3.27. The Labute approximate surface area is 209 Å². The van der Waals surface area contributed by atoms with Gasteiger partial charge in [0.05, 0.1) is 18.7 Å². The van der Waals surface area contributed by atoms with Crippen molar-refractivity contribution in [1.82, 2.24) is 10.3 Å². The number of likely N-dealkylation sites (tertiary alicyclic amines) is 1. The third-order valence-electron chi connectivity index (χ3n) is 7.16. The largest absolute Gasteiger partial charge is 0.469 e. The van der Waals surface area contributed by atoms with E-state index >= 15 is 0 Å². The molecule has 2 heterocycles. The molecular formula is C28H29N3O5. The van der Waals surface area contributed by atoms with Crippen molar-refractivity contribution in [2.24, 2.45) is 11.0 Å². The number of hydrazone groups is 1. The summed E-state index contributed by atoms with van der Waals surface area (Å²) in [6, 6.07) is 13.3. The highest BCUT2D eigenvalue weighted by atomic mass is 16.5. The number of hydrogen-bond acceptors (Lipinski definition) is 6. The zero-order chi connectivity index (χ0) is 25.2. The molecule has 1 saturated heterocycles. The Morgan fingerprint density at radius 1 is 1.06 bits per heavy atom. The fourth-order valence-corrected chi connectivity index (χ4v) is 5.21. The minimum absolute atomic E-state index is 0.172. The van der Waals surface area contributed by atoms with E-state index in [1.807, 2.05) is 43.3 Å². The lowest BCUT2D eigenvalue weighted by Crippen LogP contribution is -2.40. The molecule has 5 rings (SSSR count). The smallest absolute Gasteiger partial charge is 0.308 e. The van der Waals surface area contributed by atoms with E-state index < -0.39 is 0 Å². The Bertz CT molecular complexity index is 1360. The molecule has 0 spiro atoms. The van der Waals surface area contributed by atoms with Gasteiger partial charge in [-0.2, -0.15) is 5.10 Å². The molecule has 2 aliphatic rings. The number of hydrogen-bond donors (Lipinski definition) is 1. The SMILES string of the molecule is COC(=O)C1CCN(C(=O)c2oc3c(c2C)/C(=N/NC(=O)c2cccc4ccccc24)CCC3)CC1. The predicted molar refractivity (Wildman–Crippen MR) is 135 cm³/mol. The van der Waals surface area contributed by atoms with Crippen molar-refractivity contribution in [1.29, 1.82) is 0 Å². The number of nitrogens with one attached hydrogen (secondary N) is 1. The quantitative estimate of drug-likeness (QED) is 0.438. The number of carbonyl (C=O) groups is 3. The molecule has 1 aromatic heterocycles. The lowest BCUT2D eigenvalue weighted by Gasteiger charge is -2.30. The molecule has 8 nitrogen and oxygen atoms in total. The zero-order valence-corrected chi connectivity index (χ0v) is 20.5. The number of rotatable bonds is 4. The second-order valence-corrected chi connectivity index (χ2v) is 9.32. The van der Waals surface area contributed by atoms with E-state index in [4.69, 9.17) is 9.15 Å². The first kappa shape index (κ1) is 23.8. The Kier molecular flexibility index (Phi) is 6.59. The van der Waals surface area contributed by atoms with E-state index in [1.54, 1.807) is 11.0 Å². The molecule has 0 bridgehead atoms. The van der Waals surface area contributed by atoms with Crippen LogP contribution in [0, 0.1) is 12.8 Å². The average molecular weight is 488 g/mol. The topological polar surface area (TPSA) is 101 Å². The van der Waals surface area contributed by atoms with E-state index in [0.29, 0.717) is 50.1 Å². The second kappa shape index (κ2) is 9.97. The molecule has 0 radical (unpaired) electrons. The third kappa shape index (κ3) is 4.39. The minimum atomic E-state index is -0.280. The summed E-state index contributed by atoms with van der Waals surface area (Å²) >= 11 is 0. The highest BCUT2D eigenvalue weighted by molar-refractivity contribution is 6.09. The molecule has 0 unspecified atom stereocenters. The van der Waals surface area contributed by atoms with E-state index in [-0.39, 0.29) is 23.7 Å². The van der Waals surface area contributed by atoms with E-state index in [2.05, 4.69) is 10.5 Å². The van der Waals surface area contributed by atoms with Crippen molar-refractivity contribution in [2.75, 3.05) is 20.2 Å². The summed E-state index contributed by atoms with van der Waals surface area (Å²) in [6.45, 7) is 2.82. The van der Waals surface area contributed by atoms with Crippen LogP contribution in [0.5, 0.6) is 0 Å². The summed E-state index contributed by atoms with van der Waals surface area (Å²) in [5, 5.41) is 6.33. The van der Waals surface area contributed by atoms with E-state index in [0.717, 1.165) is 39.8 Å². The van der Waals surface area contributed by atoms with Gasteiger partial charge in [-0.1, -0.05) is 36.4 Å². The van der Waals surface area contributed by atoms with Gasteiger partial charge in [-0.05, 0) is 49.4 Å². The molecule has 1 aliphatic carbocycles. The van der Waals surface area contributed by atoms with Gasteiger partial charge < -0.3 is 14.1 Å². The Balaban J connectivity index is 1.35. The summed E-state index contributed by atoms with van der Waals surface area (Å²) in [4.78, 5) is 39.8. The Morgan fingerprint density at radius 2 is 1.81 bits per heavy atom. The molecule has 186 valence electrons. The summed E-state index contributed by atoms with van der Waals surface area (Å²) in [5.74, 6) is 0.185. The highest BCUT2D eigenvalue weighted by Crippen LogP contribution is 2.31. The standard InChI is InChI=1S/C28H29N3O5/c1-17-24-22(29-30-26(32)21-10-5-8-18-7-3-4-9-20(18)21)11-6-12-23(24)36-25(17)27(33)31-15-13-19(14-16-31)28(34)35-2/h3-5,7-10,19H,6,11-16H2,1-2H3,(H,30,32)/b29-22+. The van der Waals surface area contributed by atoms with E-state index in [9.17, 15) is 14.4 Å². The molecule has 2 aromatic carbocycles. The fraction of sp³-hybridized carbons (Fsp3) is 0.357. The van der Waals surface area contributed by atoms with Crippen LogP contribution in [0.25, 0.3) is 10.8 Å². The van der Waals surface area contributed by atoms with Crippen molar-refractivity contribution in [2.45, 2.75) is 39.0 Å². The van der Waals surface area contributed by atoms with Gasteiger partial charge in [0, 0.05) is 36.2 Å². The molecule has 3 aromatic rings. The monoisotopic (exact) mass is 487 g/mol. The number of amides is 2. The van der Waals surface area contributed by atoms with Crippen LogP contribution < -0.4 is 5.43 Å². The number of benzene rings is 2. The van der Waals surface area contributed by atoms with Crippen LogP contribution in [0.15, 0.2) is 52.0 Å². The minimum Gasteiger partial charge on any atom is -0.469 e. The third-order valence-corrected chi connectivity index (χ3v) is 7.16. The van der Waals surface area contributed by atoms with Crippen molar-refractivity contribution in [3.8, 4) is 0 Å². The van der Waals surface area contributed by atoms with Crippen molar-refractivity contribution in [3.63, 3.8) is 0 Å². The maximum Gasteiger partial charge on any atom is 0.308 e.